The Morgan fingerprint density at radius 2 is 1.62 bits per heavy atom. The van der Waals surface area contributed by atoms with Crippen molar-refractivity contribution in [1.29, 1.82) is 0 Å². The van der Waals surface area contributed by atoms with E-state index in [4.69, 9.17) is 9.47 Å². The quantitative estimate of drug-likeness (QED) is 0.612. The van der Waals surface area contributed by atoms with Crippen LogP contribution < -0.4 is 13.8 Å². The highest BCUT2D eigenvalue weighted by Gasteiger charge is 2.38. The molecule has 0 radical (unpaired) electrons. The Bertz CT molecular complexity index is 1190. The zero-order valence-corrected chi connectivity index (χ0v) is 17.7. The molecule has 3 aromatic carbocycles. The number of hydrogen-bond donors (Lipinski definition) is 0. The first kappa shape index (κ1) is 19.3. The van der Waals surface area contributed by atoms with Gasteiger partial charge in [-0.15, -0.1) is 0 Å². The summed E-state index contributed by atoms with van der Waals surface area (Å²) >= 11 is 0. The third kappa shape index (κ3) is 2.95. The third-order valence-electron chi connectivity index (χ3n) is 5.42. The Hall–Kier alpha value is -2.99. The topological polar surface area (TPSA) is 55.8 Å². The monoisotopic (exact) mass is 409 g/mol. The van der Waals surface area contributed by atoms with Gasteiger partial charge in [0.15, 0.2) is 0 Å². The summed E-state index contributed by atoms with van der Waals surface area (Å²) in [5, 5.41) is 0. The van der Waals surface area contributed by atoms with Crippen LogP contribution >= 0.6 is 0 Å². The van der Waals surface area contributed by atoms with Crippen molar-refractivity contribution in [2.45, 2.75) is 24.8 Å². The van der Waals surface area contributed by atoms with E-state index in [-0.39, 0.29) is 10.9 Å². The molecule has 0 amide bonds. The number of benzene rings is 3. The van der Waals surface area contributed by atoms with Gasteiger partial charge in [-0.1, -0.05) is 30.3 Å². The highest BCUT2D eigenvalue weighted by molar-refractivity contribution is 7.92. The lowest BCUT2D eigenvalue weighted by Gasteiger charge is -2.38. The number of methoxy groups -OCH3 is 2. The maximum absolute atomic E-state index is 13.8. The molecule has 150 valence electrons. The van der Waals surface area contributed by atoms with Gasteiger partial charge in [0.1, 0.15) is 11.5 Å². The average Bonchev–Trinajstić information content (AvgIpc) is 2.73. The molecule has 29 heavy (non-hydrogen) atoms. The second-order valence-corrected chi connectivity index (χ2v) is 8.86. The summed E-state index contributed by atoms with van der Waals surface area (Å²) in [5.41, 5.74) is 4.11. The van der Waals surface area contributed by atoms with Crippen LogP contribution in [0.3, 0.4) is 0 Å². The molecule has 0 spiro atoms. The molecule has 0 aliphatic carbocycles. The van der Waals surface area contributed by atoms with Gasteiger partial charge in [-0.2, -0.15) is 0 Å². The van der Waals surface area contributed by atoms with Crippen molar-refractivity contribution < 1.29 is 17.9 Å². The molecule has 0 saturated carbocycles. The van der Waals surface area contributed by atoms with Crippen molar-refractivity contribution in [3.8, 4) is 22.6 Å². The summed E-state index contributed by atoms with van der Waals surface area (Å²) in [6, 6.07) is 17.9. The number of hydrogen-bond acceptors (Lipinski definition) is 4. The number of sulfonamides is 1. The van der Waals surface area contributed by atoms with E-state index in [0.29, 0.717) is 17.2 Å². The molecule has 3 aromatic rings. The zero-order valence-electron chi connectivity index (χ0n) is 16.8. The number of aryl methyl sites for hydroxylation is 1. The molecule has 1 aliphatic rings. The standard InChI is InChI=1S/C23H23NO4S/c1-15-14-17(12-13-21(15)27-3)29(25,26)24-16(2)18-8-5-6-9-19(18)23-20(24)10-7-11-22(23)28-4/h5-14,16H,1-4H3. The van der Waals surface area contributed by atoms with E-state index in [0.717, 1.165) is 22.3 Å². The van der Waals surface area contributed by atoms with Gasteiger partial charge < -0.3 is 9.47 Å². The molecule has 0 saturated heterocycles. The van der Waals surface area contributed by atoms with Crippen LogP contribution in [-0.2, 0) is 10.0 Å². The molecular formula is C23H23NO4S. The second-order valence-electron chi connectivity index (χ2n) is 7.05. The summed E-state index contributed by atoms with van der Waals surface area (Å²) in [7, 11) is -0.646. The molecule has 0 bridgehead atoms. The van der Waals surface area contributed by atoms with Gasteiger partial charge in [-0.05, 0) is 60.9 Å². The molecule has 1 atom stereocenters. The maximum Gasteiger partial charge on any atom is 0.264 e. The fraction of sp³-hybridized carbons (Fsp3) is 0.217. The first-order chi connectivity index (χ1) is 13.9. The fourth-order valence-electron chi connectivity index (χ4n) is 4.03. The van der Waals surface area contributed by atoms with E-state index in [1.165, 1.54) is 4.31 Å². The van der Waals surface area contributed by atoms with Crippen molar-refractivity contribution in [3.05, 3.63) is 71.8 Å². The minimum Gasteiger partial charge on any atom is -0.496 e. The van der Waals surface area contributed by atoms with Crippen LogP contribution in [0.5, 0.6) is 11.5 Å². The SMILES string of the molecule is COc1ccc(S(=O)(=O)N2c3cccc(OC)c3-c3ccccc3C2C)cc1C. The Morgan fingerprint density at radius 1 is 0.897 bits per heavy atom. The van der Waals surface area contributed by atoms with Crippen LogP contribution in [0.1, 0.15) is 24.1 Å². The first-order valence-corrected chi connectivity index (χ1v) is 10.8. The van der Waals surface area contributed by atoms with Crippen molar-refractivity contribution >= 4 is 15.7 Å². The average molecular weight is 410 g/mol. The highest BCUT2D eigenvalue weighted by Crippen LogP contribution is 2.50. The first-order valence-electron chi connectivity index (χ1n) is 9.35. The van der Waals surface area contributed by atoms with Gasteiger partial charge in [0.05, 0.1) is 30.8 Å². The fourth-order valence-corrected chi connectivity index (χ4v) is 5.76. The normalized spacial score (nSPS) is 15.4. The Balaban J connectivity index is 1.97. The van der Waals surface area contributed by atoms with Gasteiger partial charge in [0.25, 0.3) is 10.0 Å². The summed E-state index contributed by atoms with van der Waals surface area (Å²) in [5.74, 6) is 1.30. The zero-order chi connectivity index (χ0) is 20.8. The van der Waals surface area contributed by atoms with Crippen LogP contribution in [0.15, 0.2) is 65.6 Å². The highest BCUT2D eigenvalue weighted by atomic mass is 32.2. The Labute approximate surface area is 171 Å². The van der Waals surface area contributed by atoms with E-state index in [2.05, 4.69) is 0 Å². The molecule has 1 heterocycles. The lowest BCUT2D eigenvalue weighted by molar-refractivity contribution is 0.411. The smallest absolute Gasteiger partial charge is 0.264 e. The van der Waals surface area contributed by atoms with Crippen LogP contribution in [0.25, 0.3) is 11.1 Å². The molecule has 4 rings (SSSR count). The number of ether oxygens (including phenoxy) is 2. The van der Waals surface area contributed by atoms with Gasteiger partial charge in [0.2, 0.25) is 0 Å². The number of fused-ring (bicyclic) bond motifs is 3. The van der Waals surface area contributed by atoms with E-state index in [1.807, 2.05) is 56.3 Å². The van der Waals surface area contributed by atoms with Crippen molar-refractivity contribution in [2.24, 2.45) is 0 Å². The molecule has 1 unspecified atom stereocenters. The Morgan fingerprint density at radius 3 is 2.31 bits per heavy atom. The summed E-state index contributed by atoms with van der Waals surface area (Å²) in [4.78, 5) is 0.232. The van der Waals surface area contributed by atoms with E-state index >= 15 is 0 Å². The number of nitrogens with zero attached hydrogens (tertiary/aromatic N) is 1. The summed E-state index contributed by atoms with van der Waals surface area (Å²) in [6.45, 7) is 3.75. The molecule has 1 aliphatic heterocycles. The minimum atomic E-state index is -3.82. The largest absolute Gasteiger partial charge is 0.496 e. The Kier molecular flexibility index (Phi) is 4.74. The van der Waals surface area contributed by atoms with Crippen LogP contribution in [-0.4, -0.2) is 22.6 Å². The minimum absolute atomic E-state index is 0.232. The van der Waals surface area contributed by atoms with Gasteiger partial charge in [-0.25, -0.2) is 8.42 Å². The molecular weight excluding hydrogens is 386 g/mol. The van der Waals surface area contributed by atoms with E-state index < -0.39 is 10.0 Å². The van der Waals surface area contributed by atoms with Crippen molar-refractivity contribution in [2.75, 3.05) is 18.5 Å². The predicted octanol–water partition coefficient (Wildman–Crippen LogP) is 4.95. The lowest BCUT2D eigenvalue weighted by atomic mass is 9.90. The molecule has 0 N–H and O–H groups in total. The van der Waals surface area contributed by atoms with Gasteiger partial charge >= 0.3 is 0 Å². The van der Waals surface area contributed by atoms with Crippen LogP contribution in [0.2, 0.25) is 0 Å². The van der Waals surface area contributed by atoms with Crippen LogP contribution in [0.4, 0.5) is 5.69 Å². The molecule has 0 fully saturated rings. The molecule has 0 aromatic heterocycles. The summed E-state index contributed by atoms with van der Waals surface area (Å²) < 4.78 is 39.9. The number of anilines is 1. The third-order valence-corrected chi connectivity index (χ3v) is 7.30. The second kappa shape index (κ2) is 7.12. The van der Waals surface area contributed by atoms with Crippen LogP contribution in [0, 0.1) is 6.92 Å². The van der Waals surface area contributed by atoms with Crippen molar-refractivity contribution in [1.82, 2.24) is 0 Å². The van der Waals surface area contributed by atoms with E-state index in [1.54, 1.807) is 32.4 Å². The molecule has 6 heteroatoms. The number of rotatable bonds is 4. The van der Waals surface area contributed by atoms with Gasteiger partial charge in [0, 0.05) is 5.56 Å². The van der Waals surface area contributed by atoms with Gasteiger partial charge in [-0.3, -0.25) is 4.31 Å². The lowest BCUT2D eigenvalue weighted by Crippen LogP contribution is -2.36. The molecule has 5 nitrogen and oxygen atoms in total. The van der Waals surface area contributed by atoms with Crippen molar-refractivity contribution in [3.63, 3.8) is 0 Å². The van der Waals surface area contributed by atoms with E-state index in [9.17, 15) is 8.42 Å². The predicted molar refractivity (Wildman–Crippen MR) is 114 cm³/mol. The maximum atomic E-state index is 13.8. The summed E-state index contributed by atoms with van der Waals surface area (Å²) in [6.07, 6.45) is 0.